The van der Waals surface area contributed by atoms with Gasteiger partial charge in [0.2, 0.25) is 0 Å². The molecule has 4 aromatic rings. The summed E-state index contributed by atoms with van der Waals surface area (Å²) in [6, 6.07) is 21.0. The van der Waals surface area contributed by atoms with Crippen molar-refractivity contribution in [2.45, 2.75) is 47.0 Å². The summed E-state index contributed by atoms with van der Waals surface area (Å²) in [4.78, 5) is 19.4. The third-order valence-corrected chi connectivity index (χ3v) is 6.08. The van der Waals surface area contributed by atoms with E-state index in [1.165, 1.54) is 47.4 Å². The molecular weight excluding hydrogens is 613 g/mol. The number of hydrogen-bond donors (Lipinski definition) is 1. The number of fused-ring (bicyclic) bond motifs is 4. The average Bonchev–Trinajstić information content (AvgIpc) is 2.98. The quantitative estimate of drug-likeness (QED) is 0.145. The molecule has 4 nitrogen and oxygen atoms in total. The molecular formula is C30H29IrN2O2-. The summed E-state index contributed by atoms with van der Waals surface area (Å²) >= 11 is 0. The Morgan fingerprint density at radius 2 is 1.66 bits per heavy atom. The van der Waals surface area contributed by atoms with Gasteiger partial charge in [-0.15, -0.1) is 34.9 Å². The Hall–Kier alpha value is -3.14. The van der Waals surface area contributed by atoms with Crippen LogP contribution in [-0.2, 0) is 30.3 Å². The van der Waals surface area contributed by atoms with Gasteiger partial charge in [-0.2, -0.15) is 0 Å². The average molecular weight is 642 g/mol. The zero-order valence-electron chi connectivity index (χ0n) is 20.9. The first-order valence-corrected chi connectivity index (χ1v) is 11.4. The van der Waals surface area contributed by atoms with Gasteiger partial charge < -0.3 is 5.11 Å². The van der Waals surface area contributed by atoms with Crippen LogP contribution in [0.3, 0.4) is 0 Å². The van der Waals surface area contributed by atoms with Gasteiger partial charge in [0.25, 0.3) is 0 Å². The van der Waals surface area contributed by atoms with Crippen molar-refractivity contribution in [2.24, 2.45) is 0 Å². The number of hydrogen-bond acceptors (Lipinski definition) is 4. The Balaban J connectivity index is 0.000000378. The number of ketones is 1. The summed E-state index contributed by atoms with van der Waals surface area (Å²) in [7, 11) is 0. The number of benzene rings is 3. The summed E-state index contributed by atoms with van der Waals surface area (Å²) in [5, 5.41) is 10.9. The van der Waals surface area contributed by atoms with Crippen LogP contribution in [0.1, 0.15) is 50.1 Å². The summed E-state index contributed by atoms with van der Waals surface area (Å²) in [6.45, 7) is 11.6. The molecule has 0 aliphatic heterocycles. The second kappa shape index (κ2) is 10.2. The van der Waals surface area contributed by atoms with Crippen molar-refractivity contribution in [1.82, 2.24) is 9.97 Å². The van der Waals surface area contributed by atoms with Crippen LogP contribution in [0.2, 0.25) is 0 Å². The second-order valence-corrected chi connectivity index (χ2v) is 9.47. The molecule has 35 heavy (non-hydrogen) atoms. The van der Waals surface area contributed by atoms with Crippen molar-refractivity contribution in [3.8, 4) is 22.4 Å². The van der Waals surface area contributed by atoms with Crippen LogP contribution in [0.4, 0.5) is 0 Å². The molecule has 0 saturated carbocycles. The fourth-order valence-corrected chi connectivity index (χ4v) is 4.73. The van der Waals surface area contributed by atoms with Crippen molar-refractivity contribution < 1.29 is 30.0 Å². The summed E-state index contributed by atoms with van der Waals surface area (Å²) in [5.74, 6) is -0.0625. The maximum Gasteiger partial charge on any atom is 0.155 e. The molecule has 3 aromatic carbocycles. The van der Waals surface area contributed by atoms with Crippen LogP contribution in [0.25, 0.3) is 33.2 Å². The molecule has 1 heterocycles. The standard InChI is InChI=1S/C25H21N2.C5H8O2.Ir/c1-15-9-16(2)11-19(10-15)23-22-20-12-17-7-5-6-8-18(17)13-21(20)25(3,4)24(22)27-14-26-23;1-4(6)3-5(2)7;/h5-10,12-14H,1-4H3;3,6H,1-2H3;/q-1;;/b;4-3-;. The smallest absolute Gasteiger partial charge is 0.155 e. The van der Waals surface area contributed by atoms with E-state index in [1.807, 2.05) is 0 Å². The van der Waals surface area contributed by atoms with E-state index in [9.17, 15) is 4.79 Å². The number of allylic oxidation sites excluding steroid dienone is 2. The van der Waals surface area contributed by atoms with Crippen LogP contribution < -0.4 is 0 Å². The third-order valence-electron chi connectivity index (χ3n) is 6.08. The Morgan fingerprint density at radius 3 is 2.23 bits per heavy atom. The van der Waals surface area contributed by atoms with Gasteiger partial charge in [0.15, 0.2) is 5.78 Å². The Bertz CT molecular complexity index is 1430. The molecule has 1 aliphatic rings. The van der Waals surface area contributed by atoms with Gasteiger partial charge >= 0.3 is 0 Å². The molecule has 1 aliphatic carbocycles. The van der Waals surface area contributed by atoms with Gasteiger partial charge in [-0.05, 0) is 59.1 Å². The molecule has 0 atom stereocenters. The summed E-state index contributed by atoms with van der Waals surface area (Å²) in [6.07, 6.45) is 2.87. The second-order valence-electron chi connectivity index (χ2n) is 9.47. The first-order chi connectivity index (χ1) is 16.1. The number of carbonyl (C=O) groups is 1. The van der Waals surface area contributed by atoms with E-state index < -0.39 is 0 Å². The number of aryl methyl sites for hydroxylation is 2. The predicted octanol–water partition coefficient (Wildman–Crippen LogP) is 7.05. The van der Waals surface area contributed by atoms with E-state index in [0.29, 0.717) is 0 Å². The fourth-order valence-electron chi connectivity index (χ4n) is 4.73. The molecule has 1 aromatic heterocycles. The SMILES string of the molecule is CC(=O)/C=C(/C)O.Cc1[c-]c(-c2ncnc3c2-c2cc4ccccc4cc2C3(C)C)cc(C)c1.[Ir]. The van der Waals surface area contributed by atoms with E-state index in [4.69, 9.17) is 15.1 Å². The molecule has 0 unspecified atom stereocenters. The number of nitrogens with zero attached hydrogens (tertiary/aromatic N) is 2. The Labute approximate surface area is 220 Å². The normalized spacial score (nSPS) is 13.3. The summed E-state index contributed by atoms with van der Waals surface area (Å²) < 4.78 is 0. The van der Waals surface area contributed by atoms with Crippen LogP contribution in [0.5, 0.6) is 0 Å². The molecule has 181 valence electrons. The molecule has 0 saturated heterocycles. The first kappa shape index (κ1) is 26.5. The van der Waals surface area contributed by atoms with Crippen molar-refractivity contribution in [3.63, 3.8) is 0 Å². The maximum atomic E-state index is 10.0. The largest absolute Gasteiger partial charge is 0.512 e. The fraction of sp³-hybridized carbons (Fsp3) is 0.233. The van der Waals surface area contributed by atoms with E-state index in [0.717, 1.165) is 28.1 Å². The number of rotatable bonds is 2. The van der Waals surface area contributed by atoms with Crippen LogP contribution in [0.15, 0.2) is 66.7 Å². The van der Waals surface area contributed by atoms with Crippen molar-refractivity contribution in [3.05, 3.63) is 95.1 Å². The zero-order valence-corrected chi connectivity index (χ0v) is 23.3. The van der Waals surface area contributed by atoms with Crippen LogP contribution in [-0.4, -0.2) is 20.9 Å². The van der Waals surface area contributed by atoms with Crippen molar-refractivity contribution >= 4 is 16.6 Å². The molecule has 1 N–H and O–H groups in total. The van der Waals surface area contributed by atoms with E-state index >= 15 is 0 Å². The molecule has 0 fully saturated rings. The minimum Gasteiger partial charge on any atom is -0.512 e. The first-order valence-electron chi connectivity index (χ1n) is 11.4. The van der Waals surface area contributed by atoms with Gasteiger partial charge in [-0.3, -0.25) is 9.78 Å². The molecule has 5 rings (SSSR count). The maximum absolute atomic E-state index is 10.0. The number of aromatic nitrogens is 2. The molecule has 5 heteroatoms. The van der Waals surface area contributed by atoms with Gasteiger partial charge in [0.05, 0.1) is 11.5 Å². The molecule has 0 bridgehead atoms. The van der Waals surface area contributed by atoms with Crippen LogP contribution in [0, 0.1) is 19.9 Å². The summed E-state index contributed by atoms with van der Waals surface area (Å²) in [5.41, 5.74) is 9.06. The van der Waals surface area contributed by atoms with Crippen molar-refractivity contribution in [2.75, 3.05) is 0 Å². The minimum absolute atomic E-state index is 0. The molecule has 1 radical (unpaired) electrons. The molecule has 0 amide bonds. The van der Waals surface area contributed by atoms with E-state index in [1.54, 1.807) is 6.33 Å². The monoisotopic (exact) mass is 642 g/mol. The van der Waals surface area contributed by atoms with Gasteiger partial charge in [-0.1, -0.05) is 52.0 Å². The topological polar surface area (TPSA) is 63.1 Å². The van der Waals surface area contributed by atoms with Gasteiger partial charge in [0, 0.05) is 31.6 Å². The zero-order chi connectivity index (χ0) is 24.6. The van der Waals surface area contributed by atoms with Crippen LogP contribution >= 0.6 is 0 Å². The Morgan fingerprint density at radius 1 is 1.00 bits per heavy atom. The van der Waals surface area contributed by atoms with Crippen molar-refractivity contribution in [1.29, 1.82) is 0 Å². The van der Waals surface area contributed by atoms with Gasteiger partial charge in [0.1, 0.15) is 6.33 Å². The Kier molecular flexibility index (Phi) is 7.74. The van der Waals surface area contributed by atoms with E-state index in [2.05, 4.69) is 82.3 Å². The van der Waals surface area contributed by atoms with E-state index in [-0.39, 0.29) is 37.1 Å². The number of aliphatic hydroxyl groups excluding tert-OH is 1. The van der Waals surface area contributed by atoms with Gasteiger partial charge in [-0.25, -0.2) is 4.98 Å². The number of aliphatic hydroxyl groups is 1. The molecule has 0 spiro atoms. The number of carbonyl (C=O) groups excluding carboxylic acids is 1. The minimum atomic E-state index is -0.148. The third kappa shape index (κ3) is 5.27. The predicted molar refractivity (Wildman–Crippen MR) is 138 cm³/mol.